The van der Waals surface area contributed by atoms with Gasteiger partial charge in [-0.15, -0.1) is 0 Å². The molecule has 1 rings (SSSR count). The van der Waals surface area contributed by atoms with Crippen molar-refractivity contribution in [2.45, 2.75) is 6.17 Å². The van der Waals surface area contributed by atoms with Crippen molar-refractivity contribution in [2.24, 2.45) is 5.73 Å². The van der Waals surface area contributed by atoms with Crippen molar-refractivity contribution in [2.75, 3.05) is 13.1 Å². The number of nitrogens with one attached hydrogen (secondary N) is 1. The van der Waals surface area contributed by atoms with Crippen LogP contribution in [0, 0.1) is 0 Å². The van der Waals surface area contributed by atoms with Gasteiger partial charge < -0.3 is 11.1 Å². The van der Waals surface area contributed by atoms with Crippen LogP contribution in [0.2, 0.25) is 0 Å². The van der Waals surface area contributed by atoms with Gasteiger partial charge in [-0.25, -0.2) is 9.37 Å². The van der Waals surface area contributed by atoms with E-state index in [4.69, 9.17) is 5.73 Å². The van der Waals surface area contributed by atoms with E-state index in [1.54, 1.807) is 18.2 Å². The van der Waals surface area contributed by atoms with Gasteiger partial charge in [-0.1, -0.05) is 6.07 Å². The van der Waals surface area contributed by atoms with Crippen LogP contribution < -0.4 is 11.1 Å². The van der Waals surface area contributed by atoms with Crippen molar-refractivity contribution < 1.29 is 9.18 Å². The predicted octanol–water partition coefficient (Wildman–Crippen LogP) is 0.871. The number of nitrogens with two attached hydrogens (primary N) is 1. The zero-order valence-corrected chi connectivity index (χ0v) is 9.50. The average Bonchev–Trinajstić information content (AvgIpc) is 2.25. The third-order valence-electron chi connectivity index (χ3n) is 1.69. The third kappa shape index (κ3) is 3.93. The van der Waals surface area contributed by atoms with Crippen molar-refractivity contribution in [3.63, 3.8) is 0 Å². The largest absolute Gasteiger partial charge is 0.348 e. The number of nitrogens with zero attached hydrogens (tertiary/aromatic N) is 1. The van der Waals surface area contributed by atoms with Crippen LogP contribution in [0.4, 0.5) is 4.39 Å². The van der Waals surface area contributed by atoms with Gasteiger partial charge in [0, 0.05) is 6.54 Å². The van der Waals surface area contributed by atoms with Gasteiger partial charge in [0.2, 0.25) is 0 Å². The molecule has 0 aliphatic rings. The van der Waals surface area contributed by atoms with Gasteiger partial charge in [0.25, 0.3) is 5.91 Å². The zero-order valence-electron chi connectivity index (χ0n) is 7.91. The molecule has 1 amide bonds. The molecule has 3 N–H and O–H groups in total. The molecule has 0 saturated heterocycles. The van der Waals surface area contributed by atoms with Crippen molar-refractivity contribution in [1.29, 1.82) is 0 Å². The Morgan fingerprint density at radius 3 is 3.00 bits per heavy atom. The molecule has 0 spiro atoms. The van der Waals surface area contributed by atoms with Gasteiger partial charge in [-0.05, 0) is 28.1 Å². The number of hydrogen-bond donors (Lipinski definition) is 2. The van der Waals surface area contributed by atoms with Crippen LogP contribution in [0.5, 0.6) is 0 Å². The molecule has 1 heterocycles. The molecule has 4 nitrogen and oxygen atoms in total. The molecule has 0 bridgehead atoms. The van der Waals surface area contributed by atoms with Crippen LogP contribution >= 0.6 is 15.9 Å². The summed E-state index contributed by atoms with van der Waals surface area (Å²) in [6.45, 7) is -0.199. The number of alkyl halides is 1. The van der Waals surface area contributed by atoms with E-state index >= 15 is 0 Å². The number of carbonyl (C=O) groups is 1. The number of amides is 1. The highest BCUT2D eigenvalue weighted by Gasteiger charge is 2.09. The van der Waals surface area contributed by atoms with Gasteiger partial charge in [-0.2, -0.15) is 0 Å². The van der Waals surface area contributed by atoms with E-state index in [0.29, 0.717) is 4.60 Å². The lowest BCUT2D eigenvalue weighted by Gasteiger charge is -2.07. The normalized spacial score (nSPS) is 12.2. The summed E-state index contributed by atoms with van der Waals surface area (Å²) >= 11 is 3.14. The number of aromatic nitrogens is 1. The Balaban J connectivity index is 2.54. The zero-order chi connectivity index (χ0) is 11.3. The number of hydrogen-bond acceptors (Lipinski definition) is 3. The first kappa shape index (κ1) is 12.1. The summed E-state index contributed by atoms with van der Waals surface area (Å²) in [5.74, 6) is -0.410. The van der Waals surface area contributed by atoms with Gasteiger partial charge in [0.1, 0.15) is 16.5 Å². The fourth-order valence-electron chi connectivity index (χ4n) is 0.912. The lowest BCUT2D eigenvalue weighted by atomic mass is 10.3. The summed E-state index contributed by atoms with van der Waals surface area (Å²) in [6.07, 6.45) is -1.22. The summed E-state index contributed by atoms with van der Waals surface area (Å²) in [7, 11) is 0. The second-order valence-corrected chi connectivity index (χ2v) is 3.70. The maximum Gasteiger partial charge on any atom is 0.270 e. The van der Waals surface area contributed by atoms with Crippen LogP contribution in [0.1, 0.15) is 10.5 Å². The Kier molecular flexibility index (Phi) is 4.64. The Morgan fingerprint density at radius 2 is 2.40 bits per heavy atom. The Morgan fingerprint density at radius 1 is 1.67 bits per heavy atom. The molecule has 0 aromatic carbocycles. The number of halogens is 2. The summed E-state index contributed by atoms with van der Waals surface area (Å²) in [5, 5.41) is 2.40. The molecule has 0 aliphatic carbocycles. The van der Waals surface area contributed by atoms with E-state index < -0.39 is 12.1 Å². The minimum Gasteiger partial charge on any atom is -0.348 e. The molecular weight excluding hydrogens is 265 g/mol. The maximum absolute atomic E-state index is 12.7. The fraction of sp³-hybridized carbons (Fsp3) is 0.333. The van der Waals surface area contributed by atoms with Crippen LogP contribution in [-0.4, -0.2) is 30.2 Å². The lowest BCUT2D eigenvalue weighted by Crippen LogP contribution is -2.34. The smallest absolute Gasteiger partial charge is 0.270 e. The van der Waals surface area contributed by atoms with Gasteiger partial charge >= 0.3 is 0 Å². The van der Waals surface area contributed by atoms with E-state index in [1.807, 2.05) is 0 Å². The molecule has 0 saturated carbocycles. The molecule has 1 aromatic heterocycles. The molecular formula is C9H11BrFN3O. The van der Waals surface area contributed by atoms with Gasteiger partial charge in [-0.3, -0.25) is 4.79 Å². The first-order chi connectivity index (χ1) is 7.13. The number of rotatable bonds is 4. The Labute approximate surface area is 95.2 Å². The Bertz CT molecular complexity index is 348. The molecule has 0 fully saturated rings. The summed E-state index contributed by atoms with van der Waals surface area (Å²) in [5.41, 5.74) is 5.32. The van der Waals surface area contributed by atoms with E-state index in [-0.39, 0.29) is 18.8 Å². The topological polar surface area (TPSA) is 68.0 Å². The Hall–Kier alpha value is -1.01. The molecule has 82 valence electrons. The van der Waals surface area contributed by atoms with E-state index in [1.165, 1.54) is 0 Å². The molecule has 1 unspecified atom stereocenters. The van der Waals surface area contributed by atoms with Crippen LogP contribution in [0.15, 0.2) is 22.8 Å². The highest BCUT2D eigenvalue weighted by Crippen LogP contribution is 2.05. The van der Waals surface area contributed by atoms with E-state index in [9.17, 15) is 9.18 Å². The number of pyridine rings is 1. The first-order valence-electron chi connectivity index (χ1n) is 4.38. The molecule has 1 aromatic rings. The first-order valence-corrected chi connectivity index (χ1v) is 5.17. The van der Waals surface area contributed by atoms with Crippen molar-refractivity contribution >= 4 is 21.8 Å². The minimum atomic E-state index is -1.22. The van der Waals surface area contributed by atoms with Crippen molar-refractivity contribution in [3.05, 3.63) is 28.5 Å². The SMILES string of the molecule is NCC(F)CNC(=O)c1cccc(Br)n1. The maximum atomic E-state index is 12.7. The summed E-state index contributed by atoms with van der Waals surface area (Å²) < 4.78 is 13.3. The monoisotopic (exact) mass is 275 g/mol. The van der Waals surface area contributed by atoms with E-state index in [0.717, 1.165) is 0 Å². The molecule has 0 radical (unpaired) electrons. The summed E-state index contributed by atoms with van der Waals surface area (Å²) in [4.78, 5) is 15.3. The molecule has 1 atom stereocenters. The van der Waals surface area contributed by atoms with Crippen LogP contribution in [0.25, 0.3) is 0 Å². The minimum absolute atomic E-state index is 0.0937. The molecule has 0 aliphatic heterocycles. The fourth-order valence-corrected chi connectivity index (χ4v) is 1.26. The van der Waals surface area contributed by atoms with Crippen LogP contribution in [0.3, 0.4) is 0 Å². The van der Waals surface area contributed by atoms with Gasteiger partial charge in [0.05, 0.1) is 6.54 Å². The summed E-state index contributed by atoms with van der Waals surface area (Å²) in [6, 6.07) is 4.94. The second-order valence-electron chi connectivity index (χ2n) is 2.89. The highest BCUT2D eigenvalue weighted by atomic mass is 79.9. The van der Waals surface area contributed by atoms with E-state index in [2.05, 4.69) is 26.2 Å². The quantitative estimate of drug-likeness (QED) is 0.802. The highest BCUT2D eigenvalue weighted by molar-refractivity contribution is 9.10. The average molecular weight is 276 g/mol. The van der Waals surface area contributed by atoms with Crippen molar-refractivity contribution in [1.82, 2.24) is 10.3 Å². The third-order valence-corrected chi connectivity index (χ3v) is 2.13. The molecule has 15 heavy (non-hydrogen) atoms. The standard InChI is InChI=1S/C9H11BrFN3O/c10-8-3-1-2-7(14-8)9(15)13-5-6(11)4-12/h1-3,6H,4-5,12H2,(H,13,15). The van der Waals surface area contributed by atoms with Crippen LogP contribution in [-0.2, 0) is 0 Å². The second kappa shape index (κ2) is 5.77. The predicted molar refractivity (Wildman–Crippen MR) is 58.2 cm³/mol. The molecule has 6 heteroatoms. The van der Waals surface area contributed by atoms with Crippen molar-refractivity contribution in [3.8, 4) is 0 Å². The number of carbonyl (C=O) groups excluding carboxylic acids is 1. The lowest BCUT2D eigenvalue weighted by molar-refractivity contribution is 0.0937. The van der Waals surface area contributed by atoms with Gasteiger partial charge in [0.15, 0.2) is 0 Å².